The van der Waals surface area contributed by atoms with Crippen molar-refractivity contribution in [1.82, 2.24) is 0 Å². The molecule has 0 fully saturated rings. The van der Waals surface area contributed by atoms with Crippen LogP contribution in [0, 0.1) is 0 Å². The summed E-state index contributed by atoms with van der Waals surface area (Å²) in [5.74, 6) is 0.976. The lowest BCUT2D eigenvalue weighted by molar-refractivity contribution is -0.143. The van der Waals surface area contributed by atoms with Gasteiger partial charge in [0, 0.05) is 12.0 Å². The van der Waals surface area contributed by atoms with Crippen molar-refractivity contribution >= 4 is 17.6 Å². The summed E-state index contributed by atoms with van der Waals surface area (Å²) in [6.07, 6.45) is 0.857. The van der Waals surface area contributed by atoms with E-state index in [9.17, 15) is 4.79 Å². The molecule has 0 aromatic heterocycles. The predicted molar refractivity (Wildman–Crippen MR) is 81.5 cm³/mol. The zero-order chi connectivity index (χ0) is 15.1. The summed E-state index contributed by atoms with van der Waals surface area (Å²) in [4.78, 5) is 11.4. The Morgan fingerprint density at radius 3 is 2.60 bits per heavy atom. The van der Waals surface area contributed by atoms with E-state index < -0.39 is 0 Å². The molecule has 0 amide bonds. The Hall–Kier alpha value is -1.22. The summed E-state index contributed by atoms with van der Waals surface area (Å²) in [5.41, 5.74) is 2.15. The Morgan fingerprint density at radius 1 is 1.35 bits per heavy atom. The van der Waals surface area contributed by atoms with Crippen LogP contribution in [0.25, 0.3) is 0 Å². The van der Waals surface area contributed by atoms with Gasteiger partial charge in [-0.15, -0.1) is 11.6 Å². The van der Waals surface area contributed by atoms with Crippen molar-refractivity contribution in [2.75, 3.05) is 13.7 Å². The highest BCUT2D eigenvalue weighted by atomic mass is 35.5. The second-order valence-electron chi connectivity index (χ2n) is 4.97. The number of methoxy groups -OCH3 is 1. The first-order valence-electron chi connectivity index (χ1n) is 6.97. The van der Waals surface area contributed by atoms with Crippen LogP contribution in [0.2, 0.25) is 0 Å². The predicted octanol–water partition coefficient (Wildman–Crippen LogP) is 4.44. The molecule has 0 aliphatic heterocycles. The van der Waals surface area contributed by atoms with Gasteiger partial charge in [-0.25, -0.2) is 0 Å². The maximum atomic E-state index is 11.4. The Balaban J connectivity index is 2.81. The highest BCUT2D eigenvalue weighted by Gasteiger charge is 2.17. The number of carbonyl (C=O) groups is 1. The second kappa shape index (κ2) is 8.15. The lowest BCUT2D eigenvalue weighted by atomic mass is 9.97. The highest BCUT2D eigenvalue weighted by Crippen LogP contribution is 2.35. The molecular weight excluding hydrogens is 276 g/mol. The monoisotopic (exact) mass is 298 g/mol. The molecule has 3 nitrogen and oxygen atoms in total. The van der Waals surface area contributed by atoms with Gasteiger partial charge < -0.3 is 9.47 Å². The van der Waals surface area contributed by atoms with Crippen LogP contribution < -0.4 is 4.74 Å². The van der Waals surface area contributed by atoms with Crippen LogP contribution in [0.4, 0.5) is 0 Å². The van der Waals surface area contributed by atoms with E-state index in [1.165, 1.54) is 5.56 Å². The van der Waals surface area contributed by atoms with E-state index in [4.69, 9.17) is 21.1 Å². The first kappa shape index (κ1) is 16.8. The summed E-state index contributed by atoms with van der Waals surface area (Å²) in [6, 6.07) is 6.04. The lowest BCUT2D eigenvalue weighted by Crippen LogP contribution is -2.06. The summed E-state index contributed by atoms with van der Waals surface area (Å²) >= 11 is 6.42. The highest BCUT2D eigenvalue weighted by molar-refractivity contribution is 6.21. The number of hydrogen-bond acceptors (Lipinski definition) is 3. The average molecular weight is 299 g/mol. The second-order valence-corrected chi connectivity index (χ2v) is 5.49. The van der Waals surface area contributed by atoms with Gasteiger partial charge in [0.1, 0.15) is 5.75 Å². The SMILES string of the molecule is CCOC(=O)CCC(Cl)c1cc(C(C)C)ccc1OC. The first-order chi connectivity index (χ1) is 9.49. The Kier molecular flexibility index (Phi) is 6.86. The normalized spacial score (nSPS) is 12.3. The zero-order valence-corrected chi connectivity index (χ0v) is 13.4. The Morgan fingerprint density at radius 2 is 2.05 bits per heavy atom. The summed E-state index contributed by atoms with van der Waals surface area (Å²) in [6.45, 7) is 6.46. The molecule has 0 aliphatic rings. The number of rotatable bonds is 7. The summed E-state index contributed by atoms with van der Waals surface area (Å²) in [7, 11) is 1.63. The van der Waals surface area contributed by atoms with Crippen molar-refractivity contribution in [2.24, 2.45) is 0 Å². The van der Waals surface area contributed by atoms with Crippen molar-refractivity contribution in [3.8, 4) is 5.75 Å². The first-order valence-corrected chi connectivity index (χ1v) is 7.40. The molecule has 20 heavy (non-hydrogen) atoms. The van der Waals surface area contributed by atoms with Crippen LogP contribution in [-0.2, 0) is 9.53 Å². The molecule has 112 valence electrons. The van der Waals surface area contributed by atoms with Crippen LogP contribution in [0.3, 0.4) is 0 Å². The van der Waals surface area contributed by atoms with Gasteiger partial charge in [-0.1, -0.05) is 26.0 Å². The molecule has 4 heteroatoms. The van der Waals surface area contributed by atoms with Crippen LogP contribution >= 0.6 is 11.6 Å². The molecule has 0 saturated carbocycles. The van der Waals surface area contributed by atoms with Gasteiger partial charge in [-0.3, -0.25) is 4.79 Å². The van der Waals surface area contributed by atoms with Crippen LogP contribution in [-0.4, -0.2) is 19.7 Å². The fourth-order valence-corrected chi connectivity index (χ4v) is 2.27. The van der Waals surface area contributed by atoms with Gasteiger partial charge in [0.25, 0.3) is 0 Å². The molecule has 0 spiro atoms. The van der Waals surface area contributed by atoms with Crippen LogP contribution in [0.5, 0.6) is 5.75 Å². The van der Waals surface area contributed by atoms with E-state index >= 15 is 0 Å². The molecule has 1 atom stereocenters. The van der Waals surface area contributed by atoms with Crippen LogP contribution in [0.15, 0.2) is 18.2 Å². The minimum Gasteiger partial charge on any atom is -0.496 e. The van der Waals surface area contributed by atoms with Crippen molar-refractivity contribution in [3.63, 3.8) is 0 Å². The molecule has 0 bridgehead atoms. The molecule has 1 rings (SSSR count). The number of carbonyl (C=O) groups excluding carboxylic acids is 1. The van der Waals surface area contributed by atoms with E-state index in [1.54, 1.807) is 14.0 Å². The van der Waals surface area contributed by atoms with Gasteiger partial charge in [0.2, 0.25) is 0 Å². The van der Waals surface area contributed by atoms with Gasteiger partial charge in [0.05, 0.1) is 19.1 Å². The van der Waals surface area contributed by atoms with Gasteiger partial charge in [0.15, 0.2) is 0 Å². The van der Waals surface area contributed by atoms with Gasteiger partial charge in [-0.05, 0) is 30.9 Å². The molecule has 0 N–H and O–H groups in total. The fourth-order valence-electron chi connectivity index (χ4n) is 1.99. The third kappa shape index (κ3) is 4.71. The maximum Gasteiger partial charge on any atom is 0.305 e. The van der Waals surface area contributed by atoms with Crippen LogP contribution in [0.1, 0.15) is 56.0 Å². The smallest absolute Gasteiger partial charge is 0.305 e. The summed E-state index contributed by atoms with van der Waals surface area (Å²) in [5, 5.41) is -0.256. The molecule has 0 heterocycles. The Labute approximate surface area is 126 Å². The van der Waals surface area contributed by atoms with Crippen molar-refractivity contribution < 1.29 is 14.3 Å². The molecule has 0 aliphatic carbocycles. The summed E-state index contributed by atoms with van der Waals surface area (Å²) < 4.78 is 10.3. The minimum atomic E-state index is -0.256. The standard InChI is InChI=1S/C16H23ClO3/c1-5-20-16(18)9-7-14(17)13-10-12(11(2)3)6-8-15(13)19-4/h6,8,10-11,14H,5,7,9H2,1-4H3. The molecular formula is C16H23ClO3. The minimum absolute atomic E-state index is 0.211. The molecule has 1 aromatic carbocycles. The molecule has 0 radical (unpaired) electrons. The molecule has 0 saturated heterocycles. The van der Waals surface area contributed by atoms with E-state index in [0.717, 1.165) is 11.3 Å². The molecule has 1 unspecified atom stereocenters. The van der Waals surface area contributed by atoms with Gasteiger partial charge >= 0.3 is 5.97 Å². The number of benzene rings is 1. The van der Waals surface area contributed by atoms with Gasteiger partial charge in [-0.2, -0.15) is 0 Å². The van der Waals surface area contributed by atoms with E-state index in [2.05, 4.69) is 19.9 Å². The number of halogens is 1. The average Bonchev–Trinajstić information content (AvgIpc) is 2.44. The fraction of sp³-hybridized carbons (Fsp3) is 0.562. The van der Waals surface area contributed by atoms with Crippen molar-refractivity contribution in [2.45, 2.75) is 44.9 Å². The Bertz CT molecular complexity index is 443. The van der Waals surface area contributed by atoms with E-state index in [-0.39, 0.29) is 11.3 Å². The largest absolute Gasteiger partial charge is 0.496 e. The van der Waals surface area contributed by atoms with E-state index in [0.29, 0.717) is 25.4 Å². The van der Waals surface area contributed by atoms with E-state index in [1.807, 2.05) is 12.1 Å². The number of esters is 1. The third-order valence-electron chi connectivity index (χ3n) is 3.17. The number of alkyl halides is 1. The van der Waals surface area contributed by atoms with Crippen molar-refractivity contribution in [1.29, 1.82) is 0 Å². The quantitative estimate of drug-likeness (QED) is 0.551. The zero-order valence-electron chi connectivity index (χ0n) is 12.6. The third-order valence-corrected chi connectivity index (χ3v) is 3.62. The maximum absolute atomic E-state index is 11.4. The topological polar surface area (TPSA) is 35.5 Å². The number of ether oxygens (including phenoxy) is 2. The molecule has 1 aromatic rings. The van der Waals surface area contributed by atoms with Crippen molar-refractivity contribution in [3.05, 3.63) is 29.3 Å². The number of hydrogen-bond donors (Lipinski definition) is 0. The lowest BCUT2D eigenvalue weighted by Gasteiger charge is -2.16.